The second kappa shape index (κ2) is 8.15. The molecule has 0 radical (unpaired) electrons. The molecule has 0 unspecified atom stereocenters. The topological polar surface area (TPSA) is 88.0 Å². The summed E-state index contributed by atoms with van der Waals surface area (Å²) in [5, 5.41) is 7.71. The number of likely N-dealkylation sites (tertiary alicyclic amines) is 1. The van der Waals surface area contributed by atoms with Gasteiger partial charge in [0.25, 0.3) is 5.91 Å². The molecule has 1 fully saturated rings. The highest BCUT2D eigenvalue weighted by Crippen LogP contribution is 2.35. The number of benzene rings is 1. The summed E-state index contributed by atoms with van der Waals surface area (Å²) in [4.78, 5) is 23.9. The van der Waals surface area contributed by atoms with Gasteiger partial charge in [-0.25, -0.2) is 9.97 Å². The molecule has 1 aliphatic heterocycles. The van der Waals surface area contributed by atoms with Crippen LogP contribution in [0.1, 0.15) is 16.8 Å². The van der Waals surface area contributed by atoms with E-state index in [1.165, 1.54) is 0 Å². The smallest absolute Gasteiger partial charge is 0.254 e. The Hall–Kier alpha value is -4.34. The predicted molar refractivity (Wildman–Crippen MR) is 126 cm³/mol. The average Bonchev–Trinajstić information content (AvgIpc) is 3.61. The van der Waals surface area contributed by atoms with Gasteiger partial charge in [0, 0.05) is 49.7 Å². The molecule has 35 heavy (non-hydrogen) atoms. The second-order valence-electron chi connectivity index (χ2n) is 8.95. The van der Waals surface area contributed by atoms with Gasteiger partial charge in [-0.05, 0) is 12.1 Å². The van der Waals surface area contributed by atoms with E-state index in [9.17, 15) is 9.18 Å². The minimum Gasteiger partial charge on any atom is -0.334 e. The Bertz CT molecular complexity index is 1510. The van der Waals surface area contributed by atoms with Crippen LogP contribution >= 0.6 is 0 Å². The Labute approximate surface area is 200 Å². The summed E-state index contributed by atoms with van der Waals surface area (Å²) in [7, 11) is 1.91. The highest BCUT2D eigenvalue weighted by Gasteiger charge is 2.47. The Morgan fingerprint density at radius 3 is 2.80 bits per heavy atom. The molecule has 1 amide bonds. The number of H-pyrrole nitrogens is 1. The zero-order valence-corrected chi connectivity index (χ0v) is 19.2. The van der Waals surface area contributed by atoms with E-state index in [2.05, 4.69) is 15.2 Å². The third-order valence-corrected chi connectivity index (χ3v) is 6.61. The van der Waals surface area contributed by atoms with Gasteiger partial charge >= 0.3 is 0 Å². The molecule has 6 rings (SSSR count). The van der Waals surface area contributed by atoms with Gasteiger partial charge < -0.3 is 4.90 Å². The summed E-state index contributed by atoms with van der Waals surface area (Å²) >= 11 is 0. The number of hydrogen-bond donors (Lipinski definition) is 1. The summed E-state index contributed by atoms with van der Waals surface area (Å²) in [6, 6.07) is 11.1. The van der Waals surface area contributed by atoms with Crippen LogP contribution < -0.4 is 4.68 Å². The number of amides is 1. The van der Waals surface area contributed by atoms with Crippen molar-refractivity contribution >= 4 is 11.6 Å². The van der Waals surface area contributed by atoms with E-state index in [1.807, 2.05) is 65.2 Å². The van der Waals surface area contributed by atoms with Crippen LogP contribution in [0.5, 0.6) is 0 Å². The number of imidazole rings is 1. The average molecular weight is 472 g/mol. The van der Waals surface area contributed by atoms with Crippen LogP contribution in [0.4, 0.5) is 4.39 Å². The number of hydrogen-bond acceptors (Lipinski definition) is 4. The molecule has 176 valence electrons. The van der Waals surface area contributed by atoms with Crippen LogP contribution in [0.15, 0.2) is 73.6 Å². The Balaban J connectivity index is 1.33. The van der Waals surface area contributed by atoms with E-state index in [4.69, 9.17) is 4.98 Å². The number of aromatic amines is 1. The van der Waals surface area contributed by atoms with E-state index in [1.54, 1.807) is 34.1 Å². The number of fused-ring (bicyclic) bond motifs is 1. The lowest BCUT2D eigenvalue weighted by Crippen LogP contribution is -2.64. The third-order valence-electron chi connectivity index (χ3n) is 6.61. The highest BCUT2D eigenvalue weighted by atomic mass is 19.1. The van der Waals surface area contributed by atoms with Crippen LogP contribution in [0.3, 0.4) is 0 Å². The normalized spacial score (nSPS) is 14.9. The fourth-order valence-corrected chi connectivity index (χ4v) is 4.73. The molecule has 4 aromatic heterocycles. The summed E-state index contributed by atoms with van der Waals surface area (Å²) < 4.78 is 19.2. The van der Waals surface area contributed by atoms with Crippen molar-refractivity contribution in [1.82, 2.24) is 34.1 Å². The molecule has 1 aliphatic rings. The van der Waals surface area contributed by atoms with Gasteiger partial charge in [-0.2, -0.15) is 10.2 Å². The molecule has 0 atom stereocenters. The minimum absolute atomic E-state index is 0.0541. The fraction of sp³-hybridized carbons (Fsp3) is 0.240. The molecule has 10 heteroatoms. The highest BCUT2D eigenvalue weighted by molar-refractivity contribution is 5.94. The van der Waals surface area contributed by atoms with Gasteiger partial charge in [-0.15, -0.1) is 4.68 Å². The minimum atomic E-state index is -0.586. The molecule has 5 heterocycles. The third kappa shape index (κ3) is 3.58. The van der Waals surface area contributed by atoms with Crippen LogP contribution in [-0.2, 0) is 12.6 Å². The maximum atomic E-state index is 13.6. The Morgan fingerprint density at radius 2 is 2.06 bits per heavy atom. The first-order valence-electron chi connectivity index (χ1n) is 11.4. The first-order valence-corrected chi connectivity index (χ1v) is 11.4. The van der Waals surface area contributed by atoms with Gasteiger partial charge in [0.2, 0.25) is 6.20 Å². The predicted octanol–water partition coefficient (Wildman–Crippen LogP) is 2.62. The van der Waals surface area contributed by atoms with E-state index >= 15 is 0 Å². The monoisotopic (exact) mass is 471 g/mol. The van der Waals surface area contributed by atoms with Crippen molar-refractivity contribution in [3.8, 4) is 22.6 Å². The molecule has 9 nitrogen and oxygen atoms in total. The summed E-state index contributed by atoms with van der Waals surface area (Å²) in [5.74, 6) is 0.638. The fourth-order valence-electron chi connectivity index (χ4n) is 4.73. The van der Waals surface area contributed by atoms with Crippen molar-refractivity contribution in [1.29, 1.82) is 0 Å². The first kappa shape index (κ1) is 21.2. The molecular formula is C25H24FN8O+. The summed E-state index contributed by atoms with van der Waals surface area (Å²) in [5.41, 5.74) is 3.32. The van der Waals surface area contributed by atoms with Gasteiger partial charge in [-0.1, -0.05) is 18.2 Å². The maximum Gasteiger partial charge on any atom is 0.254 e. The lowest BCUT2D eigenvalue weighted by Gasteiger charge is -2.49. The SMILES string of the molecule is C[n+]1cc(-c2cc3nccn3c(-c3cnn(C4(CCF)CN(C(=O)c5ccccc5)C4)c3)n2)c[nH]1. The van der Waals surface area contributed by atoms with Crippen LogP contribution in [0, 0.1) is 0 Å². The van der Waals surface area contributed by atoms with Crippen LogP contribution in [0.2, 0.25) is 0 Å². The van der Waals surface area contributed by atoms with Gasteiger partial charge in [-0.3, -0.25) is 18.3 Å². The molecule has 1 saturated heterocycles. The number of rotatable bonds is 6. The largest absolute Gasteiger partial charge is 0.334 e. The maximum absolute atomic E-state index is 13.6. The number of alkyl halides is 1. The van der Waals surface area contributed by atoms with Crippen molar-refractivity contribution in [3.63, 3.8) is 0 Å². The molecule has 1 aromatic carbocycles. The number of nitrogens with zero attached hydrogens (tertiary/aromatic N) is 7. The van der Waals surface area contributed by atoms with Crippen molar-refractivity contribution in [2.24, 2.45) is 7.05 Å². The van der Waals surface area contributed by atoms with E-state index in [-0.39, 0.29) is 12.3 Å². The number of aryl methyl sites for hydroxylation is 1. The first-order chi connectivity index (χ1) is 17.1. The van der Waals surface area contributed by atoms with Gasteiger partial charge in [0.05, 0.1) is 35.9 Å². The van der Waals surface area contributed by atoms with Gasteiger partial charge in [0.15, 0.2) is 7.05 Å². The Morgan fingerprint density at radius 1 is 1.23 bits per heavy atom. The Kier molecular flexibility index (Phi) is 4.94. The molecule has 0 aliphatic carbocycles. The van der Waals surface area contributed by atoms with Crippen molar-refractivity contribution in [2.75, 3.05) is 19.8 Å². The van der Waals surface area contributed by atoms with Crippen molar-refractivity contribution < 1.29 is 13.9 Å². The summed E-state index contributed by atoms with van der Waals surface area (Å²) in [6.45, 7) is 0.311. The van der Waals surface area contributed by atoms with Crippen molar-refractivity contribution in [3.05, 3.63) is 79.1 Å². The zero-order chi connectivity index (χ0) is 24.0. The number of nitrogens with one attached hydrogen (secondary N) is 1. The van der Waals surface area contributed by atoms with E-state index in [0.29, 0.717) is 24.5 Å². The molecular weight excluding hydrogens is 447 g/mol. The standard InChI is InChI=1S/C25H23FN8O/c1-31-14-19(12-28-31)21-11-22-27-9-10-33(22)23(30-21)20-13-29-34(15-20)25(7-8-26)16-32(17-25)24(35)18-5-3-2-4-6-18/h2-6,9-15H,7-8,16-17H2,1H3/p+1. The van der Waals surface area contributed by atoms with Crippen LogP contribution in [-0.4, -0.2) is 59.8 Å². The van der Waals surface area contributed by atoms with E-state index < -0.39 is 12.2 Å². The van der Waals surface area contributed by atoms with Crippen LogP contribution in [0.25, 0.3) is 28.3 Å². The number of aromatic nitrogens is 7. The molecule has 5 aromatic rings. The van der Waals surface area contributed by atoms with Gasteiger partial charge in [0.1, 0.15) is 17.0 Å². The quantitative estimate of drug-likeness (QED) is 0.386. The molecule has 0 saturated carbocycles. The lowest BCUT2D eigenvalue weighted by atomic mass is 9.86. The summed E-state index contributed by atoms with van der Waals surface area (Å²) in [6.07, 6.45) is 11.3. The second-order valence-corrected chi connectivity index (χ2v) is 8.95. The van der Waals surface area contributed by atoms with Crippen molar-refractivity contribution in [2.45, 2.75) is 12.0 Å². The molecule has 1 N–H and O–H groups in total. The number of carbonyl (C=O) groups excluding carboxylic acids is 1. The molecule has 0 bridgehead atoms. The molecule has 0 spiro atoms. The zero-order valence-electron chi connectivity index (χ0n) is 19.2. The van der Waals surface area contributed by atoms with E-state index in [0.717, 1.165) is 22.5 Å². The number of carbonyl (C=O) groups is 1. The lowest BCUT2D eigenvalue weighted by molar-refractivity contribution is -0.726. The number of halogens is 1.